The summed E-state index contributed by atoms with van der Waals surface area (Å²) in [6.45, 7) is 0. The van der Waals surface area contributed by atoms with E-state index in [4.69, 9.17) is 12.2 Å². The molecular weight excluding hydrogens is 286 g/mol. The van der Waals surface area contributed by atoms with Gasteiger partial charge in [0.25, 0.3) is 11.8 Å². The highest BCUT2D eigenvalue weighted by Gasteiger charge is 2.24. The van der Waals surface area contributed by atoms with Gasteiger partial charge in [0.2, 0.25) is 0 Å². The normalized spacial score (nSPS) is 15.0. The van der Waals surface area contributed by atoms with Crippen LogP contribution in [0.5, 0.6) is 0 Å². The van der Waals surface area contributed by atoms with Crippen LogP contribution < -0.4 is 15.5 Å². The molecule has 1 aromatic carbocycles. The molecule has 0 bridgehead atoms. The molecule has 6 heteroatoms. The number of amides is 2. The maximum atomic E-state index is 11.7. The van der Waals surface area contributed by atoms with E-state index in [1.807, 2.05) is 49.3 Å². The number of benzene rings is 1. The minimum absolute atomic E-state index is 0.0298. The van der Waals surface area contributed by atoms with Gasteiger partial charge in [-0.2, -0.15) is 0 Å². The number of carbonyl (C=O) groups is 2. The van der Waals surface area contributed by atoms with E-state index >= 15 is 0 Å². The van der Waals surface area contributed by atoms with E-state index in [9.17, 15) is 9.59 Å². The van der Waals surface area contributed by atoms with E-state index in [1.165, 1.54) is 6.08 Å². The average Bonchev–Trinajstić information content (AvgIpc) is 2.42. The number of rotatable bonds is 3. The lowest BCUT2D eigenvalue weighted by molar-refractivity contribution is -0.123. The van der Waals surface area contributed by atoms with E-state index in [-0.39, 0.29) is 10.7 Å². The summed E-state index contributed by atoms with van der Waals surface area (Å²) in [5.41, 5.74) is 2.07. The molecule has 1 fully saturated rings. The first-order valence-corrected chi connectivity index (χ1v) is 6.71. The van der Waals surface area contributed by atoms with Crippen molar-refractivity contribution in [2.24, 2.45) is 0 Å². The molecule has 1 aromatic rings. The van der Waals surface area contributed by atoms with Gasteiger partial charge in [0.05, 0.1) is 0 Å². The quantitative estimate of drug-likeness (QED) is 0.501. The fraction of sp³-hybridized carbons (Fsp3) is 0.133. The molecule has 1 heterocycles. The maximum Gasteiger partial charge on any atom is 0.263 e. The van der Waals surface area contributed by atoms with E-state index in [2.05, 4.69) is 10.6 Å². The van der Waals surface area contributed by atoms with E-state index < -0.39 is 11.8 Å². The highest BCUT2D eigenvalue weighted by Crippen LogP contribution is 2.19. The molecule has 0 atom stereocenters. The Bertz CT molecular complexity index is 641. The Kier molecular flexibility index (Phi) is 4.49. The molecule has 1 aliphatic heterocycles. The number of nitrogens with zero attached hydrogens (tertiary/aromatic N) is 1. The maximum absolute atomic E-state index is 11.7. The average molecular weight is 301 g/mol. The van der Waals surface area contributed by atoms with Crippen molar-refractivity contribution in [3.8, 4) is 0 Å². The molecule has 2 amide bonds. The highest BCUT2D eigenvalue weighted by atomic mass is 32.1. The van der Waals surface area contributed by atoms with Crippen LogP contribution in [0.2, 0.25) is 0 Å². The molecule has 2 rings (SSSR count). The molecule has 0 radical (unpaired) electrons. The summed E-state index contributed by atoms with van der Waals surface area (Å²) >= 11 is 4.73. The standard InChI is InChI=1S/C15H15N3O2S/c1-18(2)12-9-4-3-6-10(12)7-5-8-11-13(19)16-15(21)17-14(11)20/h3-9H,1-2H3,(H2,16,17,19,20,21)/b7-5+. The zero-order valence-electron chi connectivity index (χ0n) is 11.7. The molecule has 108 valence electrons. The summed E-state index contributed by atoms with van der Waals surface area (Å²) in [5, 5.41) is 4.81. The number of para-hydroxylation sites is 1. The van der Waals surface area contributed by atoms with Crippen molar-refractivity contribution in [1.82, 2.24) is 10.6 Å². The summed E-state index contributed by atoms with van der Waals surface area (Å²) in [7, 11) is 3.90. The highest BCUT2D eigenvalue weighted by molar-refractivity contribution is 7.80. The summed E-state index contributed by atoms with van der Waals surface area (Å²) in [6.07, 6.45) is 4.99. The Morgan fingerprint density at radius 1 is 1.10 bits per heavy atom. The van der Waals surface area contributed by atoms with Crippen LogP contribution in [-0.2, 0) is 9.59 Å². The van der Waals surface area contributed by atoms with Gasteiger partial charge in [-0.05, 0) is 29.9 Å². The predicted molar refractivity (Wildman–Crippen MR) is 86.8 cm³/mol. The van der Waals surface area contributed by atoms with Gasteiger partial charge in [0.15, 0.2) is 5.11 Å². The van der Waals surface area contributed by atoms with Crippen molar-refractivity contribution >= 4 is 40.9 Å². The number of anilines is 1. The zero-order chi connectivity index (χ0) is 15.4. The minimum atomic E-state index is -0.491. The van der Waals surface area contributed by atoms with Gasteiger partial charge in [-0.15, -0.1) is 0 Å². The first kappa shape index (κ1) is 14.9. The van der Waals surface area contributed by atoms with Crippen molar-refractivity contribution in [3.05, 3.63) is 47.6 Å². The van der Waals surface area contributed by atoms with Crippen LogP contribution in [-0.4, -0.2) is 31.0 Å². The van der Waals surface area contributed by atoms with Gasteiger partial charge in [-0.3, -0.25) is 20.2 Å². The number of thiocarbonyl (C=S) groups is 1. The van der Waals surface area contributed by atoms with Crippen molar-refractivity contribution in [1.29, 1.82) is 0 Å². The Hall–Kier alpha value is -2.47. The number of hydrogen-bond acceptors (Lipinski definition) is 4. The van der Waals surface area contributed by atoms with Gasteiger partial charge in [0, 0.05) is 19.8 Å². The molecule has 5 nitrogen and oxygen atoms in total. The summed E-state index contributed by atoms with van der Waals surface area (Å²) < 4.78 is 0. The third-order valence-electron chi connectivity index (χ3n) is 2.90. The second kappa shape index (κ2) is 6.32. The Morgan fingerprint density at radius 3 is 2.33 bits per heavy atom. The smallest absolute Gasteiger partial charge is 0.263 e. The first-order valence-electron chi connectivity index (χ1n) is 6.30. The van der Waals surface area contributed by atoms with E-state index in [0.29, 0.717) is 0 Å². The Balaban J connectivity index is 2.22. The molecule has 0 aromatic heterocycles. The SMILES string of the molecule is CN(C)c1ccccc1/C=C/C=C1C(=O)NC(=S)NC1=O. The predicted octanol–water partition coefficient (Wildman–Crippen LogP) is 1.22. The minimum Gasteiger partial charge on any atom is -0.377 e. The van der Waals surface area contributed by atoms with Crippen molar-refractivity contribution < 1.29 is 9.59 Å². The fourth-order valence-corrected chi connectivity index (χ4v) is 2.10. The molecule has 1 aliphatic rings. The summed E-state index contributed by atoms with van der Waals surface area (Å²) in [6, 6.07) is 7.83. The van der Waals surface area contributed by atoms with Crippen molar-refractivity contribution in [3.63, 3.8) is 0 Å². The van der Waals surface area contributed by atoms with Crippen LogP contribution in [0, 0.1) is 0 Å². The van der Waals surface area contributed by atoms with Crippen LogP contribution in [0.15, 0.2) is 42.0 Å². The van der Waals surface area contributed by atoms with Gasteiger partial charge in [-0.1, -0.05) is 30.4 Å². The van der Waals surface area contributed by atoms with Crippen LogP contribution in [0.1, 0.15) is 5.56 Å². The molecule has 1 saturated heterocycles. The van der Waals surface area contributed by atoms with Crippen LogP contribution in [0.4, 0.5) is 5.69 Å². The summed E-state index contributed by atoms with van der Waals surface area (Å²) in [5.74, 6) is -0.983. The molecule has 21 heavy (non-hydrogen) atoms. The Labute approximate surface area is 128 Å². The van der Waals surface area contributed by atoms with Crippen molar-refractivity contribution in [2.45, 2.75) is 0 Å². The molecule has 0 spiro atoms. The topological polar surface area (TPSA) is 61.4 Å². The van der Waals surface area contributed by atoms with Crippen LogP contribution in [0.25, 0.3) is 6.08 Å². The number of allylic oxidation sites excluding steroid dienone is 2. The van der Waals surface area contributed by atoms with Crippen molar-refractivity contribution in [2.75, 3.05) is 19.0 Å². The van der Waals surface area contributed by atoms with Gasteiger partial charge >= 0.3 is 0 Å². The third kappa shape index (κ3) is 3.55. The van der Waals surface area contributed by atoms with Crippen LogP contribution >= 0.6 is 12.2 Å². The zero-order valence-corrected chi connectivity index (χ0v) is 12.5. The van der Waals surface area contributed by atoms with Gasteiger partial charge < -0.3 is 4.90 Å². The lowest BCUT2D eigenvalue weighted by Crippen LogP contribution is -2.51. The monoisotopic (exact) mass is 301 g/mol. The summed E-state index contributed by atoms with van der Waals surface area (Å²) in [4.78, 5) is 25.3. The van der Waals surface area contributed by atoms with Gasteiger partial charge in [-0.25, -0.2) is 0 Å². The van der Waals surface area contributed by atoms with E-state index in [1.54, 1.807) is 6.08 Å². The lowest BCUT2D eigenvalue weighted by Gasteiger charge is -2.16. The van der Waals surface area contributed by atoms with Crippen LogP contribution in [0.3, 0.4) is 0 Å². The van der Waals surface area contributed by atoms with E-state index in [0.717, 1.165) is 11.3 Å². The van der Waals surface area contributed by atoms with Gasteiger partial charge in [0.1, 0.15) is 5.57 Å². The first-order chi connectivity index (χ1) is 9.99. The molecule has 0 aliphatic carbocycles. The fourth-order valence-electron chi connectivity index (χ4n) is 1.91. The molecular formula is C15H15N3O2S. The molecule has 0 saturated carbocycles. The molecule has 2 N–H and O–H groups in total. The Morgan fingerprint density at radius 2 is 1.71 bits per heavy atom. The number of hydrogen-bond donors (Lipinski definition) is 2. The lowest BCUT2D eigenvalue weighted by atomic mass is 10.1. The third-order valence-corrected chi connectivity index (χ3v) is 3.10. The number of nitrogens with one attached hydrogen (secondary N) is 2. The second-order valence-electron chi connectivity index (χ2n) is 4.63. The number of carbonyl (C=O) groups excluding carboxylic acids is 2. The largest absolute Gasteiger partial charge is 0.377 e. The second-order valence-corrected chi connectivity index (χ2v) is 5.04. The molecule has 0 unspecified atom stereocenters.